The van der Waals surface area contributed by atoms with Gasteiger partial charge in [-0.2, -0.15) is 13.2 Å². The van der Waals surface area contributed by atoms with Gasteiger partial charge in [-0.3, -0.25) is 4.79 Å². The van der Waals surface area contributed by atoms with Crippen LogP contribution in [0, 0.1) is 11.8 Å². The standard InChI is InChI=1S/C18H23F3O3/c1-3-24-15-9-8-13(17(23)16(15)18(19,20)21)14(22)10-12-6-4-11(2)5-7-12/h8-9,11-12,23H,3-7,10H2,1-2H3. The zero-order chi connectivity index (χ0) is 17.9. The molecule has 2 rings (SSSR count). The van der Waals surface area contributed by atoms with Crippen molar-refractivity contribution in [3.8, 4) is 11.5 Å². The van der Waals surface area contributed by atoms with Crippen molar-refractivity contribution in [2.24, 2.45) is 11.8 Å². The van der Waals surface area contributed by atoms with Gasteiger partial charge < -0.3 is 9.84 Å². The van der Waals surface area contributed by atoms with Crippen molar-refractivity contribution in [3.05, 3.63) is 23.3 Å². The number of benzene rings is 1. The van der Waals surface area contributed by atoms with Crippen molar-refractivity contribution in [3.63, 3.8) is 0 Å². The molecule has 0 atom stereocenters. The number of Topliss-reactive ketones (excluding diaryl/α,β-unsaturated/α-hetero) is 1. The number of hydrogen-bond donors (Lipinski definition) is 1. The summed E-state index contributed by atoms with van der Waals surface area (Å²) < 4.78 is 44.6. The van der Waals surface area contributed by atoms with Crippen LogP contribution in [0.15, 0.2) is 12.1 Å². The summed E-state index contributed by atoms with van der Waals surface area (Å²) in [6, 6.07) is 2.34. The summed E-state index contributed by atoms with van der Waals surface area (Å²) in [5.74, 6) is -1.12. The molecule has 6 heteroatoms. The molecule has 1 aliphatic carbocycles. The van der Waals surface area contributed by atoms with Gasteiger partial charge in [-0.05, 0) is 43.7 Å². The van der Waals surface area contributed by atoms with Crippen LogP contribution in [0.2, 0.25) is 0 Å². The van der Waals surface area contributed by atoms with Crippen LogP contribution >= 0.6 is 0 Å². The quantitative estimate of drug-likeness (QED) is 0.746. The molecule has 134 valence electrons. The molecule has 0 bridgehead atoms. The molecule has 0 radical (unpaired) electrons. The topological polar surface area (TPSA) is 46.5 Å². The highest BCUT2D eigenvalue weighted by atomic mass is 19.4. The van der Waals surface area contributed by atoms with Crippen molar-refractivity contribution < 1.29 is 27.8 Å². The van der Waals surface area contributed by atoms with Crippen LogP contribution in [0.4, 0.5) is 13.2 Å². The van der Waals surface area contributed by atoms with Gasteiger partial charge in [0, 0.05) is 6.42 Å². The van der Waals surface area contributed by atoms with Crippen molar-refractivity contribution in [2.75, 3.05) is 6.61 Å². The highest BCUT2D eigenvalue weighted by Gasteiger charge is 2.39. The SMILES string of the molecule is CCOc1ccc(C(=O)CC2CCC(C)CC2)c(O)c1C(F)(F)F. The van der Waals surface area contributed by atoms with E-state index in [1.807, 2.05) is 0 Å². The molecule has 1 aliphatic rings. The van der Waals surface area contributed by atoms with E-state index in [9.17, 15) is 23.1 Å². The molecule has 24 heavy (non-hydrogen) atoms. The average molecular weight is 344 g/mol. The summed E-state index contributed by atoms with van der Waals surface area (Å²) in [6.07, 6.45) is -0.758. The second-order valence-corrected chi connectivity index (χ2v) is 6.52. The molecule has 0 spiro atoms. The zero-order valence-electron chi connectivity index (χ0n) is 13.9. The first-order chi connectivity index (χ1) is 11.2. The van der Waals surface area contributed by atoms with E-state index in [1.165, 1.54) is 6.07 Å². The molecule has 0 aliphatic heterocycles. The van der Waals surface area contributed by atoms with E-state index >= 15 is 0 Å². The van der Waals surface area contributed by atoms with Gasteiger partial charge in [0.05, 0.1) is 12.2 Å². The maximum absolute atomic E-state index is 13.2. The molecule has 1 aromatic carbocycles. The highest BCUT2D eigenvalue weighted by Crippen LogP contribution is 2.44. The van der Waals surface area contributed by atoms with Crippen LogP contribution in [0.25, 0.3) is 0 Å². The number of alkyl halides is 3. The Kier molecular flexibility index (Phi) is 5.78. The summed E-state index contributed by atoms with van der Waals surface area (Å²) in [5, 5.41) is 10.1. The molecule has 0 aromatic heterocycles. The van der Waals surface area contributed by atoms with Gasteiger partial charge in [-0.25, -0.2) is 0 Å². The third-order valence-electron chi connectivity index (χ3n) is 4.63. The first-order valence-corrected chi connectivity index (χ1v) is 8.33. The van der Waals surface area contributed by atoms with E-state index in [1.54, 1.807) is 6.92 Å². The Labute approximate surface area is 139 Å². The molecular formula is C18H23F3O3. The lowest BCUT2D eigenvalue weighted by molar-refractivity contribution is -0.140. The highest BCUT2D eigenvalue weighted by molar-refractivity contribution is 5.99. The lowest BCUT2D eigenvalue weighted by Gasteiger charge is -2.25. The van der Waals surface area contributed by atoms with Crippen molar-refractivity contribution in [1.29, 1.82) is 0 Å². The number of rotatable bonds is 5. The molecule has 1 saturated carbocycles. The predicted molar refractivity (Wildman–Crippen MR) is 84.3 cm³/mol. The fourth-order valence-corrected chi connectivity index (χ4v) is 3.25. The lowest BCUT2D eigenvalue weighted by Crippen LogP contribution is -2.17. The van der Waals surface area contributed by atoms with Gasteiger partial charge >= 0.3 is 6.18 Å². The van der Waals surface area contributed by atoms with Crippen LogP contribution in [-0.2, 0) is 6.18 Å². The monoisotopic (exact) mass is 344 g/mol. The Morgan fingerprint density at radius 1 is 1.25 bits per heavy atom. The molecular weight excluding hydrogens is 321 g/mol. The molecule has 1 fully saturated rings. The number of phenolic OH excluding ortho intramolecular Hbond substituents is 1. The number of phenols is 1. The summed E-state index contributed by atoms with van der Waals surface area (Å²) in [6.45, 7) is 3.75. The maximum Gasteiger partial charge on any atom is 0.423 e. The fraction of sp³-hybridized carbons (Fsp3) is 0.611. The Hall–Kier alpha value is -1.72. The predicted octanol–water partition coefficient (Wildman–Crippen LogP) is 5.21. The van der Waals surface area contributed by atoms with Gasteiger partial charge in [0.15, 0.2) is 5.78 Å². The van der Waals surface area contributed by atoms with Crippen LogP contribution in [0.1, 0.15) is 61.9 Å². The number of ether oxygens (including phenoxy) is 1. The van der Waals surface area contributed by atoms with E-state index in [0.29, 0.717) is 5.92 Å². The summed E-state index contributed by atoms with van der Waals surface area (Å²) in [7, 11) is 0. The Balaban J connectivity index is 2.25. The van der Waals surface area contributed by atoms with Gasteiger partial charge in [-0.1, -0.05) is 19.8 Å². The summed E-state index contributed by atoms with van der Waals surface area (Å²) in [4.78, 5) is 12.4. The number of ketones is 1. The largest absolute Gasteiger partial charge is 0.506 e. The number of carbonyl (C=O) groups is 1. The molecule has 0 saturated heterocycles. The van der Waals surface area contributed by atoms with Crippen molar-refractivity contribution >= 4 is 5.78 Å². The van der Waals surface area contributed by atoms with Gasteiger partial charge in [0.25, 0.3) is 0 Å². The minimum absolute atomic E-state index is 0.0378. The minimum atomic E-state index is -4.79. The smallest absolute Gasteiger partial charge is 0.423 e. The summed E-state index contributed by atoms with van der Waals surface area (Å²) in [5.41, 5.74) is -1.54. The average Bonchev–Trinajstić information content (AvgIpc) is 2.48. The Bertz CT molecular complexity index is 588. The van der Waals surface area contributed by atoms with Crippen LogP contribution in [-0.4, -0.2) is 17.5 Å². The number of carbonyl (C=O) groups excluding carboxylic acids is 1. The normalized spacial score (nSPS) is 21.5. The third-order valence-corrected chi connectivity index (χ3v) is 4.63. The molecule has 3 nitrogen and oxygen atoms in total. The van der Waals surface area contributed by atoms with Crippen molar-refractivity contribution in [2.45, 2.75) is 52.1 Å². The number of hydrogen-bond acceptors (Lipinski definition) is 3. The zero-order valence-corrected chi connectivity index (χ0v) is 13.9. The number of aromatic hydroxyl groups is 1. The lowest BCUT2D eigenvalue weighted by atomic mass is 9.80. The molecule has 0 unspecified atom stereocenters. The first-order valence-electron chi connectivity index (χ1n) is 8.33. The Morgan fingerprint density at radius 2 is 1.88 bits per heavy atom. The first kappa shape index (κ1) is 18.6. The van der Waals surface area contributed by atoms with E-state index in [4.69, 9.17) is 4.74 Å². The molecule has 1 aromatic rings. The maximum atomic E-state index is 13.2. The number of halogens is 3. The van der Waals surface area contributed by atoms with E-state index in [0.717, 1.165) is 31.7 Å². The van der Waals surface area contributed by atoms with E-state index < -0.39 is 29.0 Å². The summed E-state index contributed by atoms with van der Waals surface area (Å²) >= 11 is 0. The van der Waals surface area contributed by atoms with Crippen LogP contribution in [0.3, 0.4) is 0 Å². The van der Waals surface area contributed by atoms with Gasteiger partial charge in [0.2, 0.25) is 0 Å². The second kappa shape index (κ2) is 7.45. The van der Waals surface area contributed by atoms with Crippen molar-refractivity contribution in [1.82, 2.24) is 0 Å². The molecule has 0 heterocycles. The van der Waals surface area contributed by atoms with Crippen LogP contribution in [0.5, 0.6) is 11.5 Å². The van der Waals surface area contributed by atoms with Crippen LogP contribution < -0.4 is 4.74 Å². The second-order valence-electron chi connectivity index (χ2n) is 6.52. The minimum Gasteiger partial charge on any atom is -0.506 e. The van der Waals surface area contributed by atoms with Gasteiger partial charge in [-0.15, -0.1) is 0 Å². The molecule has 0 amide bonds. The van der Waals surface area contributed by atoms with E-state index in [-0.39, 0.29) is 24.5 Å². The molecule has 1 N–H and O–H groups in total. The fourth-order valence-electron chi connectivity index (χ4n) is 3.25. The Morgan fingerprint density at radius 3 is 2.42 bits per heavy atom. The van der Waals surface area contributed by atoms with Gasteiger partial charge in [0.1, 0.15) is 17.1 Å². The van der Waals surface area contributed by atoms with E-state index in [2.05, 4.69) is 6.92 Å². The third kappa shape index (κ3) is 4.22.